The van der Waals surface area contributed by atoms with Gasteiger partial charge in [0.25, 0.3) is 0 Å². The van der Waals surface area contributed by atoms with Crippen molar-refractivity contribution in [3.63, 3.8) is 0 Å². The van der Waals surface area contributed by atoms with E-state index in [0.29, 0.717) is 6.42 Å². The standard InChI is InChI=1S/C21H30O6/c1-7-10(2)15(23)14-16(24)20-9-12(19(5,6)26)18(3,4)11(20)8-13(22)21(20,27)17(14)25/h10-12,25-27H,7-9H2,1-6H3/t10?,11-,12-,20+,21+/m0/s1. The summed E-state index contributed by atoms with van der Waals surface area (Å²) >= 11 is 0. The minimum Gasteiger partial charge on any atom is -0.508 e. The summed E-state index contributed by atoms with van der Waals surface area (Å²) in [6, 6.07) is 0. The van der Waals surface area contributed by atoms with Crippen LogP contribution in [-0.2, 0) is 14.4 Å². The van der Waals surface area contributed by atoms with E-state index in [1.165, 1.54) is 0 Å². The van der Waals surface area contributed by atoms with E-state index in [2.05, 4.69) is 0 Å². The van der Waals surface area contributed by atoms with Crippen LogP contribution in [0.1, 0.15) is 60.8 Å². The Morgan fingerprint density at radius 1 is 1.30 bits per heavy atom. The van der Waals surface area contributed by atoms with Crippen molar-refractivity contribution in [3.8, 4) is 0 Å². The van der Waals surface area contributed by atoms with Gasteiger partial charge in [-0.05, 0) is 43.9 Å². The van der Waals surface area contributed by atoms with Gasteiger partial charge in [-0.25, -0.2) is 0 Å². The highest BCUT2D eigenvalue weighted by atomic mass is 16.4. The summed E-state index contributed by atoms with van der Waals surface area (Å²) in [5, 5.41) is 32.9. The maximum atomic E-state index is 13.5. The summed E-state index contributed by atoms with van der Waals surface area (Å²) in [4.78, 5) is 39.2. The first-order chi connectivity index (χ1) is 12.2. The Morgan fingerprint density at radius 3 is 2.33 bits per heavy atom. The average Bonchev–Trinajstić information content (AvgIpc) is 3.01. The van der Waals surface area contributed by atoms with Crippen LogP contribution in [0.3, 0.4) is 0 Å². The topological polar surface area (TPSA) is 112 Å². The van der Waals surface area contributed by atoms with Crippen LogP contribution in [0.2, 0.25) is 0 Å². The van der Waals surface area contributed by atoms with Gasteiger partial charge in [0.1, 0.15) is 11.3 Å². The Kier molecular flexibility index (Phi) is 4.12. The molecule has 1 unspecified atom stereocenters. The molecule has 0 saturated heterocycles. The van der Waals surface area contributed by atoms with Crippen molar-refractivity contribution in [1.29, 1.82) is 0 Å². The van der Waals surface area contributed by atoms with Crippen molar-refractivity contribution in [2.75, 3.05) is 0 Å². The fourth-order valence-corrected chi connectivity index (χ4v) is 6.11. The quantitative estimate of drug-likeness (QED) is 0.646. The zero-order valence-electron chi connectivity index (χ0n) is 16.9. The normalized spacial score (nSPS) is 39.0. The molecule has 5 atom stereocenters. The van der Waals surface area contributed by atoms with Crippen LogP contribution in [0.4, 0.5) is 0 Å². The third-order valence-electron chi connectivity index (χ3n) is 7.73. The van der Waals surface area contributed by atoms with E-state index in [9.17, 15) is 29.7 Å². The molecule has 3 aliphatic carbocycles. The molecule has 2 fully saturated rings. The molecule has 1 spiro atoms. The largest absolute Gasteiger partial charge is 0.508 e. The van der Waals surface area contributed by atoms with Gasteiger partial charge in [0.2, 0.25) is 0 Å². The number of allylic oxidation sites excluding steroid dienone is 1. The van der Waals surface area contributed by atoms with Crippen molar-refractivity contribution in [1.82, 2.24) is 0 Å². The minimum atomic E-state index is -2.37. The Hall–Kier alpha value is -1.53. The van der Waals surface area contributed by atoms with Crippen molar-refractivity contribution in [3.05, 3.63) is 11.3 Å². The maximum absolute atomic E-state index is 13.5. The predicted octanol–water partition coefficient (Wildman–Crippen LogP) is 2.12. The maximum Gasteiger partial charge on any atom is 0.193 e. The molecule has 0 radical (unpaired) electrons. The lowest BCUT2D eigenvalue weighted by Crippen LogP contribution is -2.51. The van der Waals surface area contributed by atoms with Gasteiger partial charge in [-0.3, -0.25) is 14.4 Å². The number of hydrogen-bond acceptors (Lipinski definition) is 6. The van der Waals surface area contributed by atoms with Gasteiger partial charge in [-0.2, -0.15) is 0 Å². The Labute approximate surface area is 159 Å². The highest BCUT2D eigenvalue weighted by Gasteiger charge is 2.82. The Bertz CT molecular complexity index is 770. The number of ketones is 3. The Balaban J connectivity index is 2.23. The summed E-state index contributed by atoms with van der Waals surface area (Å²) in [5.41, 5.74) is -6.16. The van der Waals surface area contributed by atoms with Gasteiger partial charge in [0, 0.05) is 12.3 Å². The molecule has 27 heavy (non-hydrogen) atoms. The van der Waals surface area contributed by atoms with E-state index in [1.807, 2.05) is 13.8 Å². The number of hydrogen-bond donors (Lipinski definition) is 3. The van der Waals surface area contributed by atoms with Crippen molar-refractivity contribution >= 4 is 17.3 Å². The van der Waals surface area contributed by atoms with Crippen molar-refractivity contribution in [2.45, 2.75) is 72.0 Å². The molecule has 6 nitrogen and oxygen atoms in total. The van der Waals surface area contributed by atoms with Crippen LogP contribution in [-0.4, -0.2) is 43.9 Å². The van der Waals surface area contributed by atoms with Gasteiger partial charge in [-0.1, -0.05) is 27.7 Å². The number of carbonyl (C=O) groups excluding carboxylic acids is 3. The lowest BCUT2D eigenvalue weighted by molar-refractivity contribution is -0.149. The lowest BCUT2D eigenvalue weighted by Gasteiger charge is -2.39. The van der Waals surface area contributed by atoms with Gasteiger partial charge in [0.05, 0.1) is 11.0 Å². The highest BCUT2D eigenvalue weighted by molar-refractivity contribution is 6.29. The highest BCUT2D eigenvalue weighted by Crippen LogP contribution is 2.72. The fourth-order valence-electron chi connectivity index (χ4n) is 6.11. The molecule has 2 saturated carbocycles. The number of carbonyl (C=O) groups is 3. The van der Waals surface area contributed by atoms with Crippen molar-refractivity contribution in [2.24, 2.45) is 28.6 Å². The van der Waals surface area contributed by atoms with Crippen LogP contribution in [0.15, 0.2) is 11.3 Å². The number of aliphatic hydroxyl groups is 3. The molecule has 0 aromatic carbocycles. The average molecular weight is 378 g/mol. The van der Waals surface area contributed by atoms with Crippen LogP contribution in [0.25, 0.3) is 0 Å². The molecule has 6 heteroatoms. The second-order valence-electron chi connectivity index (χ2n) is 9.82. The Morgan fingerprint density at radius 2 is 1.85 bits per heavy atom. The van der Waals surface area contributed by atoms with Gasteiger partial charge >= 0.3 is 0 Å². The molecular weight excluding hydrogens is 348 g/mol. The van der Waals surface area contributed by atoms with E-state index >= 15 is 0 Å². The molecular formula is C21H30O6. The van der Waals surface area contributed by atoms with E-state index in [-0.39, 0.29) is 18.8 Å². The summed E-state index contributed by atoms with van der Waals surface area (Å²) in [6.45, 7) is 10.5. The van der Waals surface area contributed by atoms with E-state index < -0.39 is 62.5 Å². The molecule has 0 aliphatic heterocycles. The number of rotatable bonds is 4. The number of aliphatic hydroxyl groups excluding tert-OH is 1. The molecule has 0 aromatic rings. The second-order valence-corrected chi connectivity index (χ2v) is 9.82. The summed E-state index contributed by atoms with van der Waals surface area (Å²) in [6.07, 6.45) is 0.469. The summed E-state index contributed by atoms with van der Waals surface area (Å²) < 4.78 is 0. The third kappa shape index (κ3) is 2.11. The van der Waals surface area contributed by atoms with Crippen LogP contribution >= 0.6 is 0 Å². The summed E-state index contributed by atoms with van der Waals surface area (Å²) in [7, 11) is 0. The van der Waals surface area contributed by atoms with Gasteiger partial charge in [0.15, 0.2) is 23.0 Å². The molecule has 3 rings (SSSR count). The van der Waals surface area contributed by atoms with Crippen molar-refractivity contribution < 1.29 is 29.7 Å². The SMILES string of the molecule is CCC(C)C(=O)C1=C(O)[C@]2(O)C(=O)C[C@H]3C(C)(C)[C@@H](C(C)(C)O)C[C@]32C1=O. The van der Waals surface area contributed by atoms with E-state index in [1.54, 1.807) is 27.7 Å². The molecule has 3 aliphatic rings. The summed E-state index contributed by atoms with van der Waals surface area (Å²) in [5.74, 6) is -4.01. The number of Topliss-reactive ketones (excluding diaryl/α,β-unsaturated/α-hetero) is 3. The predicted molar refractivity (Wildman–Crippen MR) is 97.8 cm³/mol. The fraction of sp³-hybridized carbons (Fsp3) is 0.762. The first-order valence-corrected chi connectivity index (χ1v) is 9.69. The van der Waals surface area contributed by atoms with Crippen LogP contribution in [0, 0.1) is 28.6 Å². The molecule has 0 bridgehead atoms. The zero-order valence-corrected chi connectivity index (χ0v) is 16.9. The van der Waals surface area contributed by atoms with E-state index in [4.69, 9.17) is 0 Å². The molecule has 0 amide bonds. The second kappa shape index (κ2) is 5.51. The first-order valence-electron chi connectivity index (χ1n) is 9.69. The van der Waals surface area contributed by atoms with Crippen LogP contribution in [0.5, 0.6) is 0 Å². The smallest absolute Gasteiger partial charge is 0.193 e. The third-order valence-corrected chi connectivity index (χ3v) is 7.73. The van der Waals surface area contributed by atoms with Gasteiger partial charge in [-0.15, -0.1) is 0 Å². The monoisotopic (exact) mass is 378 g/mol. The minimum absolute atomic E-state index is 0.0522. The molecule has 0 aromatic heterocycles. The van der Waals surface area contributed by atoms with Gasteiger partial charge < -0.3 is 15.3 Å². The molecule has 3 N–H and O–H groups in total. The van der Waals surface area contributed by atoms with E-state index in [0.717, 1.165) is 0 Å². The molecule has 150 valence electrons. The van der Waals surface area contributed by atoms with Crippen LogP contribution < -0.4 is 0 Å². The zero-order chi connectivity index (χ0) is 20.7. The first kappa shape index (κ1) is 20.2. The molecule has 0 heterocycles. The lowest BCUT2D eigenvalue weighted by atomic mass is 9.66.